The number of ether oxygens (including phenoxy) is 3. The van der Waals surface area contributed by atoms with Gasteiger partial charge in [-0.1, -0.05) is 18.2 Å². The van der Waals surface area contributed by atoms with E-state index in [4.69, 9.17) is 14.2 Å². The number of carbonyl (C=O) groups is 3. The molecule has 3 aromatic rings. The lowest BCUT2D eigenvalue weighted by atomic mass is 9.95. The molecule has 1 fully saturated rings. The lowest BCUT2D eigenvalue weighted by Crippen LogP contribution is -2.29. The van der Waals surface area contributed by atoms with Crippen molar-refractivity contribution >= 4 is 23.4 Å². The number of likely N-dealkylation sites (tertiary alicyclic amines) is 1. The first-order valence-corrected chi connectivity index (χ1v) is 11.6. The van der Waals surface area contributed by atoms with Crippen LogP contribution in [0.4, 0.5) is 0 Å². The molecule has 1 aliphatic heterocycles. The van der Waals surface area contributed by atoms with Crippen molar-refractivity contribution in [3.05, 3.63) is 94.8 Å². The van der Waals surface area contributed by atoms with Crippen LogP contribution >= 0.6 is 0 Å². The molecule has 0 saturated carbocycles. The van der Waals surface area contributed by atoms with Gasteiger partial charge in [-0.25, -0.2) is 4.79 Å². The van der Waals surface area contributed by atoms with Crippen LogP contribution in [0, 0.1) is 0 Å². The van der Waals surface area contributed by atoms with E-state index in [1.54, 1.807) is 73.9 Å². The molecule has 1 N–H and O–H groups in total. The first-order valence-electron chi connectivity index (χ1n) is 11.6. The van der Waals surface area contributed by atoms with Gasteiger partial charge in [0.2, 0.25) is 0 Å². The minimum atomic E-state index is -0.898. The minimum Gasteiger partial charge on any atom is -0.507 e. The Labute approximate surface area is 213 Å². The maximum atomic E-state index is 13.3. The summed E-state index contributed by atoms with van der Waals surface area (Å²) in [5.41, 5.74) is 1.78. The number of amides is 1. The largest absolute Gasteiger partial charge is 0.507 e. The topological polar surface area (TPSA) is 115 Å². The number of nitrogens with zero attached hydrogens (tertiary/aromatic N) is 2. The number of hydrogen-bond acceptors (Lipinski definition) is 8. The fraction of sp³-hybridized carbons (Fsp3) is 0.214. The van der Waals surface area contributed by atoms with E-state index in [1.807, 2.05) is 0 Å². The number of Topliss-reactive ketones (excluding diaryl/α,β-unsaturated/α-hetero) is 1. The lowest BCUT2D eigenvalue weighted by molar-refractivity contribution is -0.140. The van der Waals surface area contributed by atoms with E-state index in [0.717, 1.165) is 0 Å². The Bertz CT molecular complexity index is 1350. The highest BCUT2D eigenvalue weighted by Gasteiger charge is 2.46. The molecule has 1 atom stereocenters. The van der Waals surface area contributed by atoms with Gasteiger partial charge in [0.1, 0.15) is 17.3 Å². The molecule has 2 heterocycles. The molecule has 1 aromatic heterocycles. The van der Waals surface area contributed by atoms with Crippen LogP contribution in [0.25, 0.3) is 5.76 Å². The van der Waals surface area contributed by atoms with E-state index in [9.17, 15) is 19.5 Å². The third kappa shape index (κ3) is 5.02. The summed E-state index contributed by atoms with van der Waals surface area (Å²) in [5.74, 6) is -1.62. The summed E-state index contributed by atoms with van der Waals surface area (Å²) in [6, 6.07) is 13.9. The number of rotatable bonds is 8. The average molecular weight is 503 g/mol. The lowest BCUT2D eigenvalue weighted by Gasteiger charge is -2.25. The number of aromatic nitrogens is 1. The van der Waals surface area contributed by atoms with Crippen LogP contribution < -0.4 is 9.47 Å². The molecule has 9 heteroatoms. The number of aliphatic hydroxyl groups is 1. The Morgan fingerprint density at radius 3 is 2.43 bits per heavy atom. The third-order valence-corrected chi connectivity index (χ3v) is 6.02. The normalized spacial score (nSPS) is 16.5. The predicted molar refractivity (Wildman–Crippen MR) is 134 cm³/mol. The summed E-state index contributed by atoms with van der Waals surface area (Å²) >= 11 is 0. The van der Waals surface area contributed by atoms with Gasteiger partial charge in [0, 0.05) is 25.0 Å². The van der Waals surface area contributed by atoms with E-state index in [0.29, 0.717) is 22.4 Å². The van der Waals surface area contributed by atoms with Crippen molar-refractivity contribution in [3.8, 4) is 11.5 Å². The van der Waals surface area contributed by atoms with Crippen molar-refractivity contribution in [2.75, 3.05) is 20.8 Å². The molecule has 0 aliphatic carbocycles. The summed E-state index contributed by atoms with van der Waals surface area (Å²) in [6.45, 7) is 2.04. The van der Waals surface area contributed by atoms with Gasteiger partial charge in [-0.2, -0.15) is 0 Å². The standard InChI is InChI=1S/C28H26N2O7/c1-4-37-28(34)18-9-7-17(8-10-18)16-30-24(19-6-5-13-29-15-19)23(26(32)27(30)33)25(31)21-12-11-20(35-2)14-22(21)36-3/h5-15,24,31H,4,16H2,1-3H3/b25-23-. The molecule has 0 radical (unpaired) electrons. The predicted octanol–water partition coefficient (Wildman–Crippen LogP) is 3.90. The van der Waals surface area contributed by atoms with Crippen LogP contribution in [0.5, 0.6) is 11.5 Å². The number of methoxy groups -OCH3 is 2. The molecule has 1 aliphatic rings. The van der Waals surface area contributed by atoms with E-state index >= 15 is 0 Å². The SMILES string of the molecule is CCOC(=O)c1ccc(CN2C(=O)C(=O)/C(=C(\O)c3ccc(OC)cc3OC)C2c2cccnc2)cc1. The highest BCUT2D eigenvalue weighted by molar-refractivity contribution is 6.46. The first-order chi connectivity index (χ1) is 17.9. The minimum absolute atomic E-state index is 0.0593. The van der Waals surface area contributed by atoms with E-state index in [-0.39, 0.29) is 35.8 Å². The maximum absolute atomic E-state index is 13.3. The van der Waals surface area contributed by atoms with Gasteiger partial charge >= 0.3 is 5.97 Å². The Morgan fingerprint density at radius 2 is 1.81 bits per heavy atom. The number of hydrogen-bond donors (Lipinski definition) is 1. The van der Waals surface area contributed by atoms with Gasteiger partial charge in [-0.3, -0.25) is 14.6 Å². The molecule has 1 saturated heterocycles. The molecule has 0 bridgehead atoms. The Balaban J connectivity index is 1.78. The fourth-order valence-electron chi connectivity index (χ4n) is 4.22. The van der Waals surface area contributed by atoms with E-state index in [2.05, 4.69) is 4.98 Å². The fourth-order valence-corrected chi connectivity index (χ4v) is 4.22. The second-order valence-corrected chi connectivity index (χ2v) is 8.20. The number of esters is 1. The van der Waals surface area contributed by atoms with Gasteiger partial charge in [-0.05, 0) is 48.4 Å². The monoisotopic (exact) mass is 502 g/mol. The molecule has 9 nitrogen and oxygen atoms in total. The van der Waals surface area contributed by atoms with Crippen molar-refractivity contribution in [3.63, 3.8) is 0 Å². The zero-order valence-corrected chi connectivity index (χ0v) is 20.6. The number of pyridine rings is 1. The van der Waals surface area contributed by atoms with Crippen molar-refractivity contribution < 1.29 is 33.7 Å². The summed E-state index contributed by atoms with van der Waals surface area (Å²) < 4.78 is 15.6. The molecular weight excluding hydrogens is 476 g/mol. The molecular formula is C28H26N2O7. The third-order valence-electron chi connectivity index (χ3n) is 6.02. The van der Waals surface area contributed by atoms with Gasteiger partial charge in [0.25, 0.3) is 11.7 Å². The van der Waals surface area contributed by atoms with Gasteiger partial charge in [0.15, 0.2) is 0 Å². The highest BCUT2D eigenvalue weighted by Crippen LogP contribution is 2.42. The summed E-state index contributed by atoms with van der Waals surface area (Å²) in [5, 5.41) is 11.3. The second-order valence-electron chi connectivity index (χ2n) is 8.20. The Hall–Kier alpha value is -4.66. The smallest absolute Gasteiger partial charge is 0.338 e. The Kier molecular flexibility index (Phi) is 7.52. The van der Waals surface area contributed by atoms with Gasteiger partial charge in [-0.15, -0.1) is 0 Å². The van der Waals surface area contributed by atoms with Crippen LogP contribution in [0.2, 0.25) is 0 Å². The zero-order valence-electron chi connectivity index (χ0n) is 20.6. The van der Waals surface area contributed by atoms with Crippen molar-refractivity contribution in [2.45, 2.75) is 19.5 Å². The molecule has 2 aromatic carbocycles. The molecule has 0 spiro atoms. The quantitative estimate of drug-likeness (QED) is 0.213. The number of ketones is 1. The second kappa shape index (κ2) is 10.9. The molecule has 1 unspecified atom stereocenters. The van der Waals surface area contributed by atoms with Crippen LogP contribution in [0.1, 0.15) is 40.0 Å². The highest BCUT2D eigenvalue weighted by atomic mass is 16.5. The van der Waals surface area contributed by atoms with Crippen LogP contribution in [-0.4, -0.2) is 53.5 Å². The zero-order chi connectivity index (χ0) is 26.5. The van der Waals surface area contributed by atoms with E-state index in [1.165, 1.54) is 19.1 Å². The average Bonchev–Trinajstić information content (AvgIpc) is 3.18. The number of carbonyl (C=O) groups excluding carboxylic acids is 3. The maximum Gasteiger partial charge on any atom is 0.338 e. The van der Waals surface area contributed by atoms with E-state index < -0.39 is 23.7 Å². The van der Waals surface area contributed by atoms with Crippen molar-refractivity contribution in [1.82, 2.24) is 9.88 Å². The van der Waals surface area contributed by atoms with Gasteiger partial charge < -0.3 is 24.2 Å². The van der Waals surface area contributed by atoms with Gasteiger partial charge in [0.05, 0.1) is 43.6 Å². The van der Waals surface area contributed by atoms with Crippen molar-refractivity contribution in [2.24, 2.45) is 0 Å². The Morgan fingerprint density at radius 1 is 1.05 bits per heavy atom. The van der Waals surface area contributed by atoms with Crippen molar-refractivity contribution in [1.29, 1.82) is 0 Å². The molecule has 4 rings (SSSR count). The summed E-state index contributed by atoms with van der Waals surface area (Å²) in [4.78, 5) is 44.0. The molecule has 1 amide bonds. The van der Waals surface area contributed by atoms with Crippen LogP contribution in [-0.2, 0) is 20.9 Å². The van der Waals surface area contributed by atoms with Crippen LogP contribution in [0.15, 0.2) is 72.6 Å². The van der Waals surface area contributed by atoms with Crippen LogP contribution in [0.3, 0.4) is 0 Å². The summed E-state index contributed by atoms with van der Waals surface area (Å²) in [7, 11) is 2.93. The number of benzene rings is 2. The number of aliphatic hydroxyl groups excluding tert-OH is 1. The first kappa shape index (κ1) is 25.4. The molecule has 190 valence electrons. The summed E-state index contributed by atoms with van der Waals surface area (Å²) in [6.07, 6.45) is 3.13. The molecule has 37 heavy (non-hydrogen) atoms.